The van der Waals surface area contributed by atoms with Gasteiger partial charge < -0.3 is 20.9 Å². The predicted molar refractivity (Wildman–Crippen MR) is 77.1 cm³/mol. The summed E-state index contributed by atoms with van der Waals surface area (Å²) in [5, 5.41) is 10.4. The van der Waals surface area contributed by atoms with Gasteiger partial charge in [0, 0.05) is 17.6 Å². The molecule has 1 aromatic rings. The van der Waals surface area contributed by atoms with Crippen molar-refractivity contribution in [2.45, 2.75) is 24.9 Å². The average Bonchev–Trinajstić information content (AvgIpc) is 2.38. The quantitative estimate of drug-likeness (QED) is 0.691. The molecule has 0 spiro atoms. The molecule has 1 fully saturated rings. The lowest BCUT2D eigenvalue weighted by Gasteiger charge is -2.38. The van der Waals surface area contributed by atoms with E-state index in [1.165, 1.54) is 0 Å². The van der Waals surface area contributed by atoms with Gasteiger partial charge in [0.05, 0.1) is 0 Å². The topological polar surface area (TPSA) is 84.6 Å². The number of nitrogens with one attached hydrogen (secondary N) is 1. The van der Waals surface area contributed by atoms with E-state index in [1.54, 1.807) is 0 Å². The van der Waals surface area contributed by atoms with E-state index < -0.39 is 12.1 Å². The molecule has 9 heteroatoms. The van der Waals surface area contributed by atoms with Crippen LogP contribution in [0.2, 0.25) is 0 Å². The summed E-state index contributed by atoms with van der Waals surface area (Å²) in [5.74, 6) is -2.76. The lowest BCUT2D eigenvalue weighted by atomic mass is 9.94. The molecular formula is C13H16BrF3N2O3. The second-order valence-electron chi connectivity index (χ2n) is 4.83. The molecule has 5 nitrogen and oxygen atoms in total. The first-order valence-electron chi connectivity index (χ1n) is 6.25. The molecule has 0 bridgehead atoms. The number of carboxylic acids is 1. The highest BCUT2D eigenvalue weighted by Gasteiger charge is 2.38. The maximum atomic E-state index is 10.6. The average molecular weight is 385 g/mol. The number of hydrogen-bond donors (Lipinski definition) is 3. The standard InChI is InChI=1S/C11H15BrN2O.C2HF3O2/c1-11(7-14-6-10(13)15-11)8-3-2-4-9(12)5-8;3-2(4,5)1(6)7/h2-5,10,14H,6-7,13H2,1H3;(H,6,7). The summed E-state index contributed by atoms with van der Waals surface area (Å²) < 4.78 is 38.6. The van der Waals surface area contributed by atoms with Gasteiger partial charge in [0.25, 0.3) is 0 Å². The van der Waals surface area contributed by atoms with E-state index >= 15 is 0 Å². The summed E-state index contributed by atoms with van der Waals surface area (Å²) in [6, 6.07) is 8.14. The van der Waals surface area contributed by atoms with Crippen LogP contribution in [-0.4, -0.2) is 36.6 Å². The maximum Gasteiger partial charge on any atom is 0.490 e. The van der Waals surface area contributed by atoms with Crippen molar-refractivity contribution < 1.29 is 27.8 Å². The van der Waals surface area contributed by atoms with E-state index in [-0.39, 0.29) is 11.8 Å². The fraction of sp³-hybridized carbons (Fsp3) is 0.462. The van der Waals surface area contributed by atoms with Crippen molar-refractivity contribution in [1.82, 2.24) is 5.32 Å². The highest BCUT2D eigenvalue weighted by Crippen LogP contribution is 2.29. The van der Waals surface area contributed by atoms with Gasteiger partial charge >= 0.3 is 12.1 Å². The SMILES string of the molecule is CC1(c2cccc(Br)c2)CNCC(N)O1.O=C(O)C(F)(F)F. The Morgan fingerprint density at radius 2 is 2.14 bits per heavy atom. The third-order valence-corrected chi connectivity index (χ3v) is 3.39. The lowest BCUT2D eigenvalue weighted by Crippen LogP contribution is -2.53. The van der Waals surface area contributed by atoms with Gasteiger partial charge in [-0.15, -0.1) is 0 Å². The van der Waals surface area contributed by atoms with Crippen molar-refractivity contribution >= 4 is 21.9 Å². The summed E-state index contributed by atoms with van der Waals surface area (Å²) in [5.41, 5.74) is 6.60. The third kappa shape index (κ3) is 5.56. The van der Waals surface area contributed by atoms with Gasteiger partial charge in [-0.2, -0.15) is 13.2 Å². The Morgan fingerprint density at radius 1 is 1.55 bits per heavy atom. The van der Waals surface area contributed by atoms with Crippen LogP contribution in [0.5, 0.6) is 0 Å². The minimum absolute atomic E-state index is 0.234. The highest BCUT2D eigenvalue weighted by molar-refractivity contribution is 9.10. The number of aliphatic carboxylic acids is 1. The molecule has 0 amide bonds. The Balaban J connectivity index is 0.000000295. The molecule has 1 saturated heterocycles. The molecule has 4 N–H and O–H groups in total. The van der Waals surface area contributed by atoms with Gasteiger partial charge in [-0.1, -0.05) is 28.1 Å². The molecule has 2 unspecified atom stereocenters. The molecule has 1 aromatic carbocycles. The number of nitrogens with two attached hydrogens (primary N) is 1. The summed E-state index contributed by atoms with van der Waals surface area (Å²) in [6.45, 7) is 3.56. The normalized spacial score (nSPS) is 25.1. The monoisotopic (exact) mass is 384 g/mol. The first kappa shape index (κ1) is 18.9. The van der Waals surface area contributed by atoms with Crippen LogP contribution in [0, 0.1) is 0 Å². The zero-order valence-electron chi connectivity index (χ0n) is 11.7. The van der Waals surface area contributed by atoms with E-state index in [1.807, 2.05) is 12.1 Å². The second-order valence-corrected chi connectivity index (χ2v) is 5.75. The Hall–Kier alpha value is -1.16. The number of halogens is 4. The molecule has 2 rings (SSSR count). The molecule has 124 valence electrons. The Bertz CT molecular complexity index is 527. The number of rotatable bonds is 1. The Labute approximate surface area is 133 Å². The van der Waals surface area contributed by atoms with Crippen molar-refractivity contribution in [2.24, 2.45) is 5.73 Å². The molecule has 0 radical (unpaired) electrons. The minimum atomic E-state index is -5.08. The van der Waals surface area contributed by atoms with E-state index in [0.29, 0.717) is 6.54 Å². The van der Waals surface area contributed by atoms with Crippen LogP contribution in [0.1, 0.15) is 12.5 Å². The van der Waals surface area contributed by atoms with Crippen LogP contribution in [0.25, 0.3) is 0 Å². The molecule has 0 aromatic heterocycles. The smallest absolute Gasteiger partial charge is 0.475 e. The molecule has 2 atom stereocenters. The lowest BCUT2D eigenvalue weighted by molar-refractivity contribution is -0.192. The second kappa shape index (κ2) is 7.40. The molecule has 1 heterocycles. The molecule has 22 heavy (non-hydrogen) atoms. The van der Waals surface area contributed by atoms with Crippen LogP contribution in [0.15, 0.2) is 28.7 Å². The maximum absolute atomic E-state index is 10.6. The van der Waals surface area contributed by atoms with Crippen LogP contribution in [0.4, 0.5) is 13.2 Å². The van der Waals surface area contributed by atoms with Crippen molar-refractivity contribution in [1.29, 1.82) is 0 Å². The summed E-state index contributed by atoms with van der Waals surface area (Å²) >= 11 is 3.46. The first-order valence-corrected chi connectivity index (χ1v) is 7.04. The molecule has 1 aliphatic heterocycles. The number of carboxylic acid groups (broad SMARTS) is 1. The van der Waals surface area contributed by atoms with Gasteiger partial charge in [0.1, 0.15) is 11.8 Å². The van der Waals surface area contributed by atoms with Crippen molar-refractivity contribution in [3.8, 4) is 0 Å². The van der Waals surface area contributed by atoms with Crippen molar-refractivity contribution in [3.05, 3.63) is 34.3 Å². The third-order valence-electron chi connectivity index (χ3n) is 2.90. The van der Waals surface area contributed by atoms with Gasteiger partial charge in [0.2, 0.25) is 0 Å². The van der Waals surface area contributed by atoms with Crippen molar-refractivity contribution in [3.63, 3.8) is 0 Å². The number of benzene rings is 1. The highest BCUT2D eigenvalue weighted by atomic mass is 79.9. The van der Waals surface area contributed by atoms with E-state index in [2.05, 4.69) is 40.3 Å². The molecule has 1 aliphatic rings. The number of hydrogen-bond acceptors (Lipinski definition) is 4. The van der Waals surface area contributed by atoms with E-state index in [0.717, 1.165) is 16.6 Å². The van der Waals surface area contributed by atoms with Crippen LogP contribution >= 0.6 is 15.9 Å². The van der Waals surface area contributed by atoms with Crippen LogP contribution in [0.3, 0.4) is 0 Å². The fourth-order valence-corrected chi connectivity index (χ4v) is 2.26. The summed E-state index contributed by atoms with van der Waals surface area (Å²) in [6.07, 6.45) is -5.32. The number of carbonyl (C=O) groups is 1. The van der Waals surface area contributed by atoms with Crippen molar-refractivity contribution in [2.75, 3.05) is 13.1 Å². The summed E-state index contributed by atoms with van der Waals surface area (Å²) in [4.78, 5) is 8.90. The zero-order chi connectivity index (χ0) is 17.0. The predicted octanol–water partition coefficient (Wildman–Crippen LogP) is 2.20. The largest absolute Gasteiger partial charge is 0.490 e. The van der Waals surface area contributed by atoms with Gasteiger partial charge in [-0.3, -0.25) is 0 Å². The minimum Gasteiger partial charge on any atom is -0.475 e. The number of alkyl halides is 3. The number of ether oxygens (including phenoxy) is 1. The van der Waals surface area contributed by atoms with Gasteiger partial charge in [-0.25, -0.2) is 4.79 Å². The van der Waals surface area contributed by atoms with Gasteiger partial charge in [0.15, 0.2) is 0 Å². The number of morpholine rings is 1. The first-order chi connectivity index (χ1) is 10.0. The van der Waals surface area contributed by atoms with E-state index in [9.17, 15) is 13.2 Å². The van der Waals surface area contributed by atoms with E-state index in [4.69, 9.17) is 20.4 Å². The zero-order valence-corrected chi connectivity index (χ0v) is 13.2. The molecule has 0 saturated carbocycles. The fourth-order valence-electron chi connectivity index (χ4n) is 1.86. The Kier molecular flexibility index (Phi) is 6.36. The summed E-state index contributed by atoms with van der Waals surface area (Å²) in [7, 11) is 0. The Morgan fingerprint density at radius 3 is 2.59 bits per heavy atom. The van der Waals surface area contributed by atoms with Crippen LogP contribution < -0.4 is 11.1 Å². The van der Waals surface area contributed by atoms with Gasteiger partial charge in [-0.05, 0) is 24.6 Å². The van der Waals surface area contributed by atoms with Crippen LogP contribution in [-0.2, 0) is 15.1 Å². The molecule has 0 aliphatic carbocycles. The molecular weight excluding hydrogens is 369 g/mol.